The summed E-state index contributed by atoms with van der Waals surface area (Å²) in [7, 11) is 4.19. The summed E-state index contributed by atoms with van der Waals surface area (Å²) in [5.74, 6) is 0.0335. The fourth-order valence-corrected chi connectivity index (χ4v) is 4.09. The first-order valence-corrected chi connectivity index (χ1v) is 10.4. The predicted octanol–water partition coefficient (Wildman–Crippen LogP) is 4.52. The Morgan fingerprint density at radius 2 is 1.61 bits per heavy atom. The van der Waals surface area contributed by atoms with E-state index >= 15 is 0 Å². The molecule has 0 bridgehead atoms. The number of hydrogen-bond acceptors (Lipinski definition) is 3. The highest BCUT2D eigenvalue weighted by molar-refractivity contribution is 5.92. The number of nitrogens with zero attached hydrogens (tertiary/aromatic N) is 2. The third-order valence-corrected chi connectivity index (χ3v) is 5.62. The van der Waals surface area contributed by atoms with Gasteiger partial charge in [0.2, 0.25) is 5.91 Å². The summed E-state index contributed by atoms with van der Waals surface area (Å²) in [6, 6.07) is 19.1. The Balaban J connectivity index is 1.55. The molecule has 0 unspecified atom stereocenters. The minimum atomic E-state index is 0.0335. The molecule has 1 saturated carbocycles. The van der Waals surface area contributed by atoms with Crippen molar-refractivity contribution in [1.29, 1.82) is 0 Å². The quantitative estimate of drug-likeness (QED) is 0.732. The first kappa shape index (κ1) is 20.6. The normalized spacial score (nSPS) is 15.1. The average Bonchev–Trinajstić information content (AvgIpc) is 2.70. The summed E-state index contributed by atoms with van der Waals surface area (Å²) in [5.41, 5.74) is 3.34. The second-order valence-electron chi connectivity index (χ2n) is 8.07. The topological polar surface area (TPSA) is 35.6 Å². The van der Waals surface area contributed by atoms with Gasteiger partial charge in [-0.2, -0.15) is 0 Å². The summed E-state index contributed by atoms with van der Waals surface area (Å²) < 4.78 is 0. The maximum Gasteiger partial charge on any atom is 0.238 e. The van der Waals surface area contributed by atoms with Crippen molar-refractivity contribution in [2.75, 3.05) is 26.0 Å². The van der Waals surface area contributed by atoms with Crippen LogP contribution in [-0.4, -0.2) is 42.4 Å². The van der Waals surface area contributed by atoms with E-state index in [-0.39, 0.29) is 5.91 Å². The lowest BCUT2D eigenvalue weighted by Gasteiger charge is -2.31. The molecular formula is C24H33N3O. The van der Waals surface area contributed by atoms with Crippen molar-refractivity contribution in [3.8, 4) is 0 Å². The van der Waals surface area contributed by atoms with Gasteiger partial charge < -0.3 is 5.32 Å². The van der Waals surface area contributed by atoms with Gasteiger partial charge in [-0.05, 0) is 44.1 Å². The molecule has 2 aromatic rings. The molecule has 0 atom stereocenters. The van der Waals surface area contributed by atoms with Crippen molar-refractivity contribution in [3.05, 3.63) is 65.7 Å². The van der Waals surface area contributed by atoms with Crippen LogP contribution in [0.2, 0.25) is 0 Å². The summed E-state index contributed by atoms with van der Waals surface area (Å²) in [6.07, 6.45) is 6.61. The van der Waals surface area contributed by atoms with Gasteiger partial charge in [0.15, 0.2) is 0 Å². The SMILES string of the molecule is CN(CC(=O)Nc1ccccc1CN(C)C1CCCCC1)Cc1ccccc1. The van der Waals surface area contributed by atoms with E-state index in [1.165, 1.54) is 43.2 Å². The Labute approximate surface area is 169 Å². The van der Waals surface area contributed by atoms with Crippen LogP contribution in [-0.2, 0) is 17.9 Å². The van der Waals surface area contributed by atoms with E-state index in [2.05, 4.69) is 41.5 Å². The number of hydrogen-bond donors (Lipinski definition) is 1. The van der Waals surface area contributed by atoms with Gasteiger partial charge in [0.25, 0.3) is 0 Å². The number of rotatable bonds is 8. The van der Waals surface area contributed by atoms with Gasteiger partial charge in [-0.25, -0.2) is 0 Å². The maximum atomic E-state index is 12.6. The molecule has 1 aliphatic rings. The molecule has 150 valence electrons. The summed E-state index contributed by atoms with van der Waals surface area (Å²) in [5, 5.41) is 3.13. The van der Waals surface area contributed by atoms with Crippen LogP contribution in [0.15, 0.2) is 54.6 Å². The molecule has 4 heteroatoms. The van der Waals surface area contributed by atoms with Gasteiger partial charge in [-0.3, -0.25) is 14.6 Å². The van der Waals surface area contributed by atoms with E-state index in [9.17, 15) is 4.79 Å². The van der Waals surface area contributed by atoms with Gasteiger partial charge in [0, 0.05) is 24.8 Å². The summed E-state index contributed by atoms with van der Waals surface area (Å²) >= 11 is 0. The van der Waals surface area contributed by atoms with Gasteiger partial charge >= 0.3 is 0 Å². The minimum Gasteiger partial charge on any atom is -0.325 e. The number of benzene rings is 2. The molecule has 0 spiro atoms. The fraction of sp³-hybridized carbons (Fsp3) is 0.458. The first-order chi connectivity index (χ1) is 13.6. The van der Waals surface area contributed by atoms with Crippen molar-refractivity contribution in [2.24, 2.45) is 0 Å². The zero-order valence-corrected chi connectivity index (χ0v) is 17.2. The molecule has 1 aliphatic carbocycles. The van der Waals surface area contributed by atoms with Crippen LogP contribution in [0.4, 0.5) is 5.69 Å². The molecule has 28 heavy (non-hydrogen) atoms. The third-order valence-electron chi connectivity index (χ3n) is 5.62. The van der Waals surface area contributed by atoms with Gasteiger partial charge in [-0.15, -0.1) is 0 Å². The summed E-state index contributed by atoms with van der Waals surface area (Å²) in [4.78, 5) is 17.1. The van der Waals surface area contributed by atoms with Crippen LogP contribution in [0.3, 0.4) is 0 Å². The van der Waals surface area contributed by atoms with E-state index in [0.717, 1.165) is 18.8 Å². The Hall–Kier alpha value is -2.17. The standard InChI is InChI=1S/C24H33N3O/c1-26(17-20-11-5-3-6-12-20)19-24(28)25-23-16-10-9-13-21(23)18-27(2)22-14-7-4-8-15-22/h3,5-6,9-13,16,22H,4,7-8,14-15,17-19H2,1-2H3,(H,25,28). The maximum absolute atomic E-state index is 12.6. The van der Waals surface area contributed by atoms with Crippen molar-refractivity contribution in [3.63, 3.8) is 0 Å². The van der Waals surface area contributed by atoms with Crippen LogP contribution in [0, 0.1) is 0 Å². The van der Waals surface area contributed by atoms with E-state index in [1.54, 1.807) is 0 Å². The van der Waals surface area contributed by atoms with Gasteiger partial charge in [0.05, 0.1) is 6.54 Å². The zero-order valence-electron chi connectivity index (χ0n) is 17.2. The molecule has 1 amide bonds. The fourth-order valence-electron chi connectivity index (χ4n) is 4.09. The van der Waals surface area contributed by atoms with Crippen molar-refractivity contribution in [1.82, 2.24) is 9.80 Å². The molecule has 1 fully saturated rings. The second kappa shape index (κ2) is 10.4. The van der Waals surface area contributed by atoms with Crippen LogP contribution >= 0.6 is 0 Å². The van der Waals surface area contributed by atoms with Crippen molar-refractivity contribution < 1.29 is 4.79 Å². The van der Waals surface area contributed by atoms with Gasteiger partial charge in [0.1, 0.15) is 0 Å². The van der Waals surface area contributed by atoms with E-state index in [4.69, 9.17) is 0 Å². The Kier molecular flexibility index (Phi) is 7.63. The van der Waals surface area contributed by atoms with Crippen LogP contribution in [0.5, 0.6) is 0 Å². The highest BCUT2D eigenvalue weighted by Gasteiger charge is 2.19. The van der Waals surface area contributed by atoms with E-state index in [0.29, 0.717) is 12.6 Å². The Morgan fingerprint density at radius 3 is 2.36 bits per heavy atom. The Bertz CT molecular complexity index is 741. The Morgan fingerprint density at radius 1 is 0.929 bits per heavy atom. The third kappa shape index (κ3) is 6.18. The lowest BCUT2D eigenvalue weighted by atomic mass is 9.94. The lowest BCUT2D eigenvalue weighted by molar-refractivity contribution is -0.117. The number of para-hydroxylation sites is 1. The molecule has 0 saturated heterocycles. The summed E-state index contributed by atoms with van der Waals surface area (Å²) in [6.45, 7) is 2.02. The second-order valence-corrected chi connectivity index (χ2v) is 8.07. The average molecular weight is 380 g/mol. The highest BCUT2D eigenvalue weighted by Crippen LogP contribution is 2.24. The molecule has 0 aromatic heterocycles. The molecule has 2 aromatic carbocycles. The lowest BCUT2D eigenvalue weighted by Crippen LogP contribution is -2.33. The minimum absolute atomic E-state index is 0.0335. The number of carbonyl (C=O) groups is 1. The van der Waals surface area contributed by atoms with Crippen molar-refractivity contribution >= 4 is 11.6 Å². The highest BCUT2D eigenvalue weighted by atomic mass is 16.2. The molecule has 3 rings (SSSR count). The molecular weight excluding hydrogens is 346 g/mol. The van der Waals surface area contributed by atoms with E-state index in [1.807, 2.05) is 42.3 Å². The van der Waals surface area contributed by atoms with Crippen LogP contribution in [0.25, 0.3) is 0 Å². The largest absolute Gasteiger partial charge is 0.325 e. The zero-order chi connectivity index (χ0) is 19.8. The number of nitrogens with one attached hydrogen (secondary N) is 1. The number of carbonyl (C=O) groups excluding carboxylic acids is 1. The number of likely N-dealkylation sites (N-methyl/N-ethyl adjacent to an activating group) is 1. The smallest absolute Gasteiger partial charge is 0.238 e. The predicted molar refractivity (Wildman–Crippen MR) is 116 cm³/mol. The molecule has 1 N–H and O–H groups in total. The molecule has 0 aliphatic heterocycles. The molecule has 0 heterocycles. The number of anilines is 1. The monoisotopic (exact) mass is 379 g/mol. The number of amides is 1. The first-order valence-electron chi connectivity index (χ1n) is 10.4. The van der Waals surface area contributed by atoms with E-state index < -0.39 is 0 Å². The van der Waals surface area contributed by atoms with Gasteiger partial charge in [-0.1, -0.05) is 67.8 Å². The molecule has 0 radical (unpaired) electrons. The van der Waals surface area contributed by atoms with Crippen molar-refractivity contribution in [2.45, 2.75) is 51.2 Å². The van der Waals surface area contributed by atoms with Crippen LogP contribution in [0.1, 0.15) is 43.2 Å². The van der Waals surface area contributed by atoms with Crippen LogP contribution < -0.4 is 5.32 Å². The molecule has 4 nitrogen and oxygen atoms in total.